The molecule has 2 aromatic rings. The van der Waals surface area contributed by atoms with Crippen molar-refractivity contribution in [2.24, 2.45) is 5.92 Å². The Morgan fingerprint density at radius 2 is 1.57 bits per heavy atom. The first-order valence-corrected chi connectivity index (χ1v) is 11.6. The van der Waals surface area contributed by atoms with E-state index in [0.717, 1.165) is 17.7 Å². The Hall–Kier alpha value is -3.33. The van der Waals surface area contributed by atoms with E-state index in [1.54, 1.807) is 59.9 Å². The van der Waals surface area contributed by atoms with Gasteiger partial charge < -0.3 is 16.0 Å². The fourth-order valence-electron chi connectivity index (χ4n) is 4.41. The van der Waals surface area contributed by atoms with Gasteiger partial charge in [0.2, 0.25) is 11.8 Å². The van der Waals surface area contributed by atoms with Crippen LogP contribution >= 0.6 is 0 Å². The number of hydrogen-bond donors (Lipinski definition) is 3. The van der Waals surface area contributed by atoms with E-state index in [2.05, 4.69) is 16.0 Å². The maximum atomic E-state index is 14.3. The van der Waals surface area contributed by atoms with Crippen molar-refractivity contribution in [3.8, 4) is 0 Å². The summed E-state index contributed by atoms with van der Waals surface area (Å²) in [5.74, 6) is -3.71. The summed E-state index contributed by atoms with van der Waals surface area (Å²) < 4.78 is 28.6. The maximum Gasteiger partial charge on any atom is 0.250 e. The Kier molecular flexibility index (Phi) is 7.59. The molecule has 3 N–H and O–H groups in total. The predicted octanol–water partition coefficient (Wildman–Crippen LogP) is 3.35. The molecular formula is C26H32F2N4O3. The van der Waals surface area contributed by atoms with Gasteiger partial charge in [-0.15, -0.1) is 0 Å². The first-order valence-electron chi connectivity index (χ1n) is 11.6. The van der Waals surface area contributed by atoms with Crippen LogP contribution in [0.5, 0.6) is 0 Å². The lowest BCUT2D eigenvalue weighted by molar-refractivity contribution is -0.130. The zero-order valence-corrected chi connectivity index (χ0v) is 20.8. The molecule has 1 aliphatic heterocycles. The molecule has 1 heterocycles. The molecule has 0 spiro atoms. The first kappa shape index (κ1) is 26.3. The quantitative estimate of drug-likeness (QED) is 0.560. The highest BCUT2D eigenvalue weighted by Crippen LogP contribution is 2.46. The summed E-state index contributed by atoms with van der Waals surface area (Å²) >= 11 is 0. The van der Waals surface area contributed by atoms with Gasteiger partial charge in [0.05, 0.1) is 6.04 Å². The minimum atomic E-state index is -1.12. The summed E-state index contributed by atoms with van der Waals surface area (Å²) in [6.07, 6.45) is 0. The number of carbonyl (C=O) groups is 3. The second-order valence-corrected chi connectivity index (χ2v) is 9.68. The zero-order valence-electron chi connectivity index (χ0n) is 20.8. The van der Waals surface area contributed by atoms with Crippen molar-refractivity contribution in [1.82, 2.24) is 10.6 Å². The third-order valence-corrected chi connectivity index (χ3v) is 6.55. The Balaban J connectivity index is 2.05. The number of para-hydroxylation sites is 2. The SMILES string of the molecule is CNC(C)C(=O)NC(C(=O)N1c2ccccc2C(C)(C)C1C(=O)Nc1c(F)cccc1F)C(C)C. The summed E-state index contributed by atoms with van der Waals surface area (Å²) in [6.45, 7) is 8.86. The molecule has 35 heavy (non-hydrogen) atoms. The van der Waals surface area contributed by atoms with E-state index < -0.39 is 52.7 Å². The molecule has 188 valence electrons. The number of carbonyl (C=O) groups excluding carboxylic acids is 3. The van der Waals surface area contributed by atoms with Gasteiger partial charge in [-0.25, -0.2) is 8.78 Å². The fourth-order valence-corrected chi connectivity index (χ4v) is 4.41. The highest BCUT2D eigenvalue weighted by atomic mass is 19.1. The molecule has 0 aliphatic carbocycles. The van der Waals surface area contributed by atoms with Crippen molar-refractivity contribution in [2.45, 2.75) is 58.2 Å². The number of halogens is 2. The molecule has 0 fully saturated rings. The van der Waals surface area contributed by atoms with Gasteiger partial charge in [0, 0.05) is 11.1 Å². The van der Waals surface area contributed by atoms with Crippen molar-refractivity contribution >= 4 is 29.1 Å². The van der Waals surface area contributed by atoms with E-state index in [1.807, 2.05) is 6.07 Å². The molecule has 2 aromatic carbocycles. The monoisotopic (exact) mass is 486 g/mol. The molecule has 0 radical (unpaired) electrons. The molecule has 0 saturated heterocycles. The van der Waals surface area contributed by atoms with E-state index in [0.29, 0.717) is 5.69 Å². The van der Waals surface area contributed by atoms with Crippen LogP contribution in [0.1, 0.15) is 40.2 Å². The van der Waals surface area contributed by atoms with Crippen LogP contribution in [0.15, 0.2) is 42.5 Å². The largest absolute Gasteiger partial charge is 0.343 e. The fraction of sp³-hybridized carbons (Fsp3) is 0.423. The van der Waals surface area contributed by atoms with Crippen LogP contribution in [0.3, 0.4) is 0 Å². The predicted molar refractivity (Wildman–Crippen MR) is 131 cm³/mol. The van der Waals surface area contributed by atoms with Gasteiger partial charge >= 0.3 is 0 Å². The number of rotatable bonds is 7. The summed E-state index contributed by atoms with van der Waals surface area (Å²) in [5.41, 5.74) is -0.214. The lowest BCUT2D eigenvalue weighted by Crippen LogP contribution is -2.59. The lowest BCUT2D eigenvalue weighted by Gasteiger charge is -2.35. The minimum Gasteiger partial charge on any atom is -0.343 e. The van der Waals surface area contributed by atoms with Crippen LogP contribution in [0.2, 0.25) is 0 Å². The van der Waals surface area contributed by atoms with Crippen LogP contribution in [-0.2, 0) is 19.8 Å². The van der Waals surface area contributed by atoms with Gasteiger partial charge in [0.25, 0.3) is 5.91 Å². The molecule has 1 aliphatic rings. The highest BCUT2D eigenvalue weighted by molar-refractivity contribution is 6.11. The van der Waals surface area contributed by atoms with E-state index in [-0.39, 0.29) is 11.8 Å². The van der Waals surface area contributed by atoms with Gasteiger partial charge in [0.1, 0.15) is 29.4 Å². The summed E-state index contributed by atoms with van der Waals surface area (Å²) in [4.78, 5) is 41.5. The van der Waals surface area contributed by atoms with Crippen LogP contribution in [0.25, 0.3) is 0 Å². The van der Waals surface area contributed by atoms with Crippen molar-refractivity contribution in [3.05, 3.63) is 59.7 Å². The maximum absolute atomic E-state index is 14.3. The average molecular weight is 487 g/mol. The van der Waals surface area contributed by atoms with Crippen LogP contribution in [-0.4, -0.2) is 42.9 Å². The average Bonchev–Trinajstić information content (AvgIpc) is 3.05. The zero-order chi connectivity index (χ0) is 26.1. The standard InChI is InChI=1S/C26H32F2N4O3/c1-14(2)20(30-23(33)15(3)29-6)25(35)32-19-13-8-7-10-16(19)26(4,5)22(32)24(34)31-21-17(27)11-9-12-18(21)28/h7-15,20,22,29H,1-6H3,(H,30,33)(H,31,34). The number of amides is 3. The third-order valence-electron chi connectivity index (χ3n) is 6.55. The summed E-state index contributed by atoms with van der Waals surface area (Å²) in [6, 6.07) is 7.80. The Morgan fingerprint density at radius 3 is 2.14 bits per heavy atom. The molecular weight excluding hydrogens is 454 g/mol. The Morgan fingerprint density at radius 1 is 0.971 bits per heavy atom. The second-order valence-electron chi connectivity index (χ2n) is 9.68. The normalized spacial score (nSPS) is 18.1. The molecule has 0 saturated carbocycles. The van der Waals surface area contributed by atoms with Crippen molar-refractivity contribution in [1.29, 1.82) is 0 Å². The van der Waals surface area contributed by atoms with Crippen molar-refractivity contribution in [2.75, 3.05) is 17.3 Å². The topological polar surface area (TPSA) is 90.5 Å². The van der Waals surface area contributed by atoms with Crippen molar-refractivity contribution < 1.29 is 23.2 Å². The van der Waals surface area contributed by atoms with E-state index in [9.17, 15) is 23.2 Å². The van der Waals surface area contributed by atoms with Gasteiger partial charge in [-0.1, -0.05) is 52.0 Å². The Bertz CT molecular complexity index is 1120. The molecule has 3 unspecified atom stereocenters. The molecule has 3 amide bonds. The molecule has 9 heteroatoms. The molecule has 0 bridgehead atoms. The molecule has 3 rings (SSSR count). The van der Waals surface area contributed by atoms with E-state index in [1.165, 1.54) is 11.0 Å². The number of benzene rings is 2. The van der Waals surface area contributed by atoms with Crippen LogP contribution < -0.4 is 20.9 Å². The molecule has 7 nitrogen and oxygen atoms in total. The number of anilines is 2. The lowest BCUT2D eigenvalue weighted by atomic mass is 9.80. The van der Waals surface area contributed by atoms with Gasteiger partial charge in [-0.05, 0) is 43.7 Å². The number of likely N-dealkylation sites (N-methyl/N-ethyl adjacent to an activating group) is 1. The van der Waals surface area contributed by atoms with E-state index >= 15 is 0 Å². The van der Waals surface area contributed by atoms with Crippen molar-refractivity contribution in [3.63, 3.8) is 0 Å². The number of hydrogen-bond acceptors (Lipinski definition) is 4. The van der Waals surface area contributed by atoms with Crippen LogP contribution in [0.4, 0.5) is 20.2 Å². The van der Waals surface area contributed by atoms with Gasteiger partial charge in [-0.2, -0.15) is 0 Å². The van der Waals surface area contributed by atoms with Crippen LogP contribution in [0, 0.1) is 17.6 Å². The smallest absolute Gasteiger partial charge is 0.250 e. The molecule has 0 aromatic heterocycles. The molecule has 3 atom stereocenters. The number of nitrogens with zero attached hydrogens (tertiary/aromatic N) is 1. The first-order chi connectivity index (χ1) is 16.4. The van der Waals surface area contributed by atoms with Gasteiger partial charge in [-0.3, -0.25) is 19.3 Å². The second kappa shape index (κ2) is 10.1. The van der Waals surface area contributed by atoms with E-state index in [4.69, 9.17) is 0 Å². The minimum absolute atomic E-state index is 0.292. The van der Waals surface area contributed by atoms with Gasteiger partial charge in [0.15, 0.2) is 0 Å². The Labute approximate surface area is 204 Å². The number of fused-ring (bicyclic) bond motifs is 1. The third kappa shape index (κ3) is 4.91. The number of nitrogens with one attached hydrogen (secondary N) is 3. The highest BCUT2D eigenvalue weighted by Gasteiger charge is 2.52. The summed E-state index contributed by atoms with van der Waals surface area (Å²) in [7, 11) is 1.64. The summed E-state index contributed by atoms with van der Waals surface area (Å²) in [5, 5.41) is 7.98.